The molecule has 6 aromatic rings. The number of hydrogen-bond donors (Lipinski definition) is 2. The molecule has 0 saturated heterocycles. The predicted molar refractivity (Wildman–Crippen MR) is 157 cm³/mol. The lowest BCUT2D eigenvalue weighted by Gasteiger charge is -2.11. The zero-order chi connectivity index (χ0) is 39.6. The molecule has 0 aliphatic heterocycles. The van der Waals surface area contributed by atoms with Crippen LogP contribution in [0.5, 0.6) is 0 Å². The van der Waals surface area contributed by atoms with Crippen LogP contribution >= 0.6 is 0 Å². The van der Waals surface area contributed by atoms with Gasteiger partial charge in [-0.05, 0) is 40.7 Å². The lowest BCUT2D eigenvalue weighted by molar-refractivity contribution is 0.370. The van der Waals surface area contributed by atoms with Gasteiger partial charge < -0.3 is 10.0 Å². The van der Waals surface area contributed by atoms with Gasteiger partial charge in [0.1, 0.15) is 5.82 Å². The molecule has 2 nitrogen and oxygen atoms in total. The van der Waals surface area contributed by atoms with E-state index in [4.69, 9.17) is 10.0 Å². The van der Waals surface area contributed by atoms with Gasteiger partial charge in [-0.25, -0.2) is 70.2 Å². The van der Waals surface area contributed by atoms with Gasteiger partial charge in [0.05, 0.1) is 16.5 Å². The Balaban J connectivity index is 0.000000182. The summed E-state index contributed by atoms with van der Waals surface area (Å²) in [4.78, 5) is 0. The molecule has 2 N–H and O–H groups in total. The van der Waals surface area contributed by atoms with Gasteiger partial charge in [0, 0.05) is 5.56 Å². The highest BCUT2D eigenvalue weighted by Gasteiger charge is 2.34. The van der Waals surface area contributed by atoms with Gasteiger partial charge in [-0.1, -0.05) is 42.5 Å². The SMILES string of the molecule is Fc1c(F)c(F)c(-c2c(F)c(F)c(F)c(F)c2F)c(F)c1F.Fc1ccc(-c2ccccc2)c(F)c1F.OB(O)c1ccc(F)c2c(F)c(F)ccc12. The minimum absolute atomic E-state index is 0.0612. The van der Waals surface area contributed by atoms with E-state index in [0.717, 1.165) is 30.3 Å². The Labute approximate surface area is 285 Å². The molecule has 0 aliphatic carbocycles. The maximum Gasteiger partial charge on any atom is 0.489 e. The summed E-state index contributed by atoms with van der Waals surface area (Å²) in [7, 11) is -1.87. The van der Waals surface area contributed by atoms with Crippen LogP contribution in [0.4, 0.5) is 70.2 Å². The summed E-state index contributed by atoms with van der Waals surface area (Å²) in [5, 5.41) is 17.3. The predicted octanol–water partition coefficient (Wildman–Crippen LogP) is 9.45. The highest BCUT2D eigenvalue weighted by atomic mass is 19.2. The fraction of sp³-hybridized carbons (Fsp3) is 0. The third-order valence-corrected chi connectivity index (χ3v) is 7.12. The van der Waals surface area contributed by atoms with Crippen LogP contribution in [-0.4, -0.2) is 17.2 Å². The van der Waals surface area contributed by atoms with E-state index < -0.39 is 117 Å². The summed E-state index contributed by atoms with van der Waals surface area (Å²) < 4.78 is 210. The second-order valence-electron chi connectivity index (χ2n) is 10.3. The Hall–Kier alpha value is -5.56. The third-order valence-electron chi connectivity index (χ3n) is 7.12. The van der Waals surface area contributed by atoms with Crippen molar-refractivity contribution >= 4 is 23.4 Å². The maximum atomic E-state index is 13.4. The number of halogens is 16. The fourth-order valence-electron chi connectivity index (χ4n) is 4.60. The Morgan fingerprint density at radius 2 is 0.736 bits per heavy atom. The van der Waals surface area contributed by atoms with Crippen LogP contribution in [0, 0.1) is 93.1 Å². The molecule has 0 saturated carbocycles. The van der Waals surface area contributed by atoms with Gasteiger partial charge in [0.25, 0.3) is 0 Å². The van der Waals surface area contributed by atoms with Gasteiger partial charge in [-0.2, -0.15) is 0 Å². The smallest absolute Gasteiger partial charge is 0.423 e. The molecule has 0 atom stereocenters. The molecule has 0 heterocycles. The van der Waals surface area contributed by atoms with Gasteiger partial charge >= 0.3 is 7.12 Å². The summed E-state index contributed by atoms with van der Waals surface area (Å²) >= 11 is 0. The van der Waals surface area contributed by atoms with Crippen molar-refractivity contribution in [2.45, 2.75) is 0 Å². The van der Waals surface area contributed by atoms with Crippen molar-refractivity contribution in [1.82, 2.24) is 0 Å². The van der Waals surface area contributed by atoms with E-state index in [1.165, 1.54) is 6.07 Å². The molecule has 0 spiro atoms. The van der Waals surface area contributed by atoms with E-state index >= 15 is 0 Å². The second-order valence-corrected chi connectivity index (χ2v) is 10.3. The van der Waals surface area contributed by atoms with Gasteiger partial charge in [0.2, 0.25) is 11.6 Å². The lowest BCUT2D eigenvalue weighted by Crippen LogP contribution is -2.30. The number of rotatable bonds is 3. The average molecular weight is 768 g/mol. The minimum atomic E-state index is -2.68. The zero-order valence-corrected chi connectivity index (χ0v) is 25.4. The summed E-state index contributed by atoms with van der Waals surface area (Å²) in [6, 6.07) is 14.5. The van der Waals surface area contributed by atoms with Crippen LogP contribution in [0.3, 0.4) is 0 Å². The largest absolute Gasteiger partial charge is 0.489 e. The maximum absolute atomic E-state index is 13.4. The van der Waals surface area contributed by atoms with Crippen LogP contribution in [-0.2, 0) is 0 Å². The highest BCUT2D eigenvalue weighted by Crippen LogP contribution is 2.37. The van der Waals surface area contributed by atoms with E-state index in [1.54, 1.807) is 30.3 Å². The van der Waals surface area contributed by atoms with Crippen LogP contribution in [0.15, 0.2) is 66.7 Å². The molecule has 0 unspecified atom stereocenters. The molecule has 0 fully saturated rings. The van der Waals surface area contributed by atoms with Crippen LogP contribution in [0.2, 0.25) is 0 Å². The average Bonchev–Trinajstić information content (AvgIpc) is 3.14. The molecule has 53 heavy (non-hydrogen) atoms. The normalized spacial score (nSPS) is 10.8. The molecule has 0 radical (unpaired) electrons. The van der Waals surface area contributed by atoms with Gasteiger partial charge in [-0.15, -0.1) is 0 Å². The quantitative estimate of drug-likeness (QED) is 0.0816. The first-order valence-electron chi connectivity index (χ1n) is 14.0. The molecule has 0 aliphatic rings. The van der Waals surface area contributed by atoms with Crippen molar-refractivity contribution in [2.75, 3.05) is 0 Å². The topological polar surface area (TPSA) is 40.5 Å². The second kappa shape index (κ2) is 16.0. The first-order valence-corrected chi connectivity index (χ1v) is 14.0. The zero-order valence-electron chi connectivity index (χ0n) is 25.4. The number of fused-ring (bicyclic) bond motifs is 1. The first kappa shape index (κ1) is 40.2. The Morgan fingerprint density at radius 3 is 1.19 bits per heavy atom. The Bertz CT molecular complexity index is 2230. The summed E-state index contributed by atoms with van der Waals surface area (Å²) in [5.74, 6) is -33.9. The molecular weight excluding hydrogens is 755 g/mol. The molecule has 19 heteroatoms. The fourth-order valence-corrected chi connectivity index (χ4v) is 4.60. The molecule has 0 amide bonds. The van der Waals surface area contributed by atoms with E-state index in [2.05, 4.69) is 0 Å². The van der Waals surface area contributed by atoms with Crippen molar-refractivity contribution in [3.05, 3.63) is 160 Å². The lowest BCUT2D eigenvalue weighted by atomic mass is 9.77. The van der Waals surface area contributed by atoms with Crippen LogP contribution in [0.1, 0.15) is 0 Å². The first-order chi connectivity index (χ1) is 24.8. The van der Waals surface area contributed by atoms with Gasteiger partial charge in [0.15, 0.2) is 75.6 Å². The highest BCUT2D eigenvalue weighted by molar-refractivity contribution is 6.62. The number of hydrogen-bond acceptors (Lipinski definition) is 2. The minimum Gasteiger partial charge on any atom is -0.423 e. The molecule has 0 aromatic heterocycles. The Kier molecular flexibility index (Phi) is 12.1. The summed E-state index contributed by atoms with van der Waals surface area (Å²) in [6.07, 6.45) is 0. The molecular formula is C34H13BF16O2. The van der Waals surface area contributed by atoms with E-state index in [9.17, 15) is 70.2 Å². The molecule has 6 rings (SSSR count). The van der Waals surface area contributed by atoms with Crippen LogP contribution in [0.25, 0.3) is 33.0 Å². The molecule has 276 valence electrons. The van der Waals surface area contributed by atoms with Gasteiger partial charge in [-0.3, -0.25) is 0 Å². The van der Waals surface area contributed by atoms with E-state index in [1.807, 2.05) is 0 Å². The summed E-state index contributed by atoms with van der Waals surface area (Å²) in [6.45, 7) is 0. The standard InChI is InChI=1S/C12F10.C12H7F3.C10H6BF3O2/c13-3-1(4(14)8(18)11(21)7(3)17)2-5(15)9(19)12(22)10(20)6(2)16;13-10-7-6-9(11(14)12(10)15)8-4-2-1-3-5-8;12-7-4-2-6(11(15)16)5-1-3-8(13)10(14)9(5)7/h;1-7H;1-4,15-16H. The molecule has 0 bridgehead atoms. The van der Waals surface area contributed by atoms with E-state index in [-0.39, 0.29) is 16.4 Å². The third kappa shape index (κ3) is 7.66. The Morgan fingerprint density at radius 1 is 0.340 bits per heavy atom. The van der Waals surface area contributed by atoms with Crippen molar-refractivity contribution in [2.24, 2.45) is 0 Å². The van der Waals surface area contributed by atoms with Crippen molar-refractivity contribution in [3.8, 4) is 22.3 Å². The van der Waals surface area contributed by atoms with Crippen molar-refractivity contribution < 1.29 is 80.3 Å². The van der Waals surface area contributed by atoms with Crippen LogP contribution < -0.4 is 5.46 Å². The van der Waals surface area contributed by atoms with E-state index in [0.29, 0.717) is 5.56 Å². The van der Waals surface area contributed by atoms with Crippen molar-refractivity contribution in [3.63, 3.8) is 0 Å². The monoisotopic (exact) mass is 768 g/mol. The summed E-state index contributed by atoms with van der Waals surface area (Å²) in [5.41, 5.74) is -4.01. The van der Waals surface area contributed by atoms with Crippen molar-refractivity contribution in [1.29, 1.82) is 0 Å². The number of benzene rings is 6. The molecule has 6 aromatic carbocycles.